The Morgan fingerprint density at radius 1 is 1.00 bits per heavy atom. The van der Waals surface area contributed by atoms with Gasteiger partial charge in [0, 0.05) is 6.07 Å². The molecular formula is C12H7F4NO2. The molecule has 1 aromatic carbocycles. The molecule has 19 heavy (non-hydrogen) atoms. The van der Waals surface area contributed by atoms with Crippen LogP contribution in [-0.2, 0) is 0 Å². The lowest BCUT2D eigenvalue weighted by atomic mass is 10.1. The van der Waals surface area contributed by atoms with Gasteiger partial charge in [-0.1, -0.05) is 12.1 Å². The van der Waals surface area contributed by atoms with Crippen molar-refractivity contribution >= 4 is 0 Å². The first kappa shape index (κ1) is 13.1. The zero-order chi connectivity index (χ0) is 14.0. The van der Waals surface area contributed by atoms with Crippen molar-refractivity contribution in [2.24, 2.45) is 0 Å². The maximum atomic E-state index is 13.0. The molecule has 1 aromatic heterocycles. The van der Waals surface area contributed by atoms with Gasteiger partial charge in [-0.05, 0) is 29.3 Å². The number of ether oxygens (including phenoxy) is 1. The maximum Gasteiger partial charge on any atom is 0.573 e. The van der Waals surface area contributed by atoms with Gasteiger partial charge in [-0.2, -0.15) is 4.39 Å². The molecule has 100 valence electrons. The topological polar surface area (TPSA) is 42.1 Å². The summed E-state index contributed by atoms with van der Waals surface area (Å²) in [5, 5.41) is 0. The lowest BCUT2D eigenvalue weighted by Crippen LogP contribution is -2.16. The zero-order valence-corrected chi connectivity index (χ0v) is 9.29. The van der Waals surface area contributed by atoms with Gasteiger partial charge in [0.1, 0.15) is 5.75 Å². The number of halogens is 4. The van der Waals surface area contributed by atoms with Crippen LogP contribution in [0.4, 0.5) is 17.6 Å². The van der Waals surface area contributed by atoms with E-state index in [1.54, 1.807) is 0 Å². The van der Waals surface area contributed by atoms with E-state index in [4.69, 9.17) is 0 Å². The van der Waals surface area contributed by atoms with E-state index in [0.29, 0.717) is 5.56 Å². The largest absolute Gasteiger partial charge is 0.573 e. The van der Waals surface area contributed by atoms with Crippen LogP contribution in [0.15, 0.2) is 41.2 Å². The van der Waals surface area contributed by atoms with Crippen LogP contribution in [0.3, 0.4) is 0 Å². The quantitative estimate of drug-likeness (QED) is 0.675. The Hall–Kier alpha value is -2.31. The minimum Gasteiger partial charge on any atom is -0.406 e. The summed E-state index contributed by atoms with van der Waals surface area (Å²) in [5.41, 5.74) is 0.0324. The number of aromatic amines is 1. The molecule has 0 fully saturated rings. The van der Waals surface area contributed by atoms with Crippen LogP contribution < -0.4 is 10.3 Å². The highest BCUT2D eigenvalue weighted by Crippen LogP contribution is 2.26. The fourth-order valence-electron chi connectivity index (χ4n) is 1.53. The third kappa shape index (κ3) is 3.57. The Labute approximate surface area is 104 Å². The fourth-order valence-corrected chi connectivity index (χ4v) is 1.53. The van der Waals surface area contributed by atoms with Crippen molar-refractivity contribution in [3.05, 3.63) is 52.7 Å². The van der Waals surface area contributed by atoms with Crippen LogP contribution in [0.2, 0.25) is 0 Å². The molecule has 1 heterocycles. The van der Waals surface area contributed by atoms with E-state index in [1.165, 1.54) is 12.1 Å². The van der Waals surface area contributed by atoms with Gasteiger partial charge in [-0.15, -0.1) is 13.2 Å². The highest BCUT2D eigenvalue weighted by molar-refractivity contribution is 5.63. The minimum atomic E-state index is -4.77. The van der Waals surface area contributed by atoms with E-state index in [9.17, 15) is 22.4 Å². The standard InChI is InChI=1S/C12H7F4NO2/c13-10-5-8(6-11(18)17-10)7-1-3-9(4-2-7)19-12(14,15)16/h1-6H,(H,17,18). The third-order valence-electron chi connectivity index (χ3n) is 2.23. The number of rotatable bonds is 2. The van der Waals surface area contributed by atoms with Crippen LogP contribution in [0.25, 0.3) is 11.1 Å². The first-order chi connectivity index (χ1) is 8.83. The van der Waals surface area contributed by atoms with Gasteiger partial charge >= 0.3 is 6.36 Å². The van der Waals surface area contributed by atoms with Crippen LogP contribution in [0, 0.1) is 5.95 Å². The molecular weight excluding hydrogens is 266 g/mol. The Kier molecular flexibility index (Phi) is 3.28. The number of pyridine rings is 1. The summed E-state index contributed by atoms with van der Waals surface area (Å²) in [6.07, 6.45) is -4.77. The van der Waals surface area contributed by atoms with Crippen molar-refractivity contribution in [3.8, 4) is 16.9 Å². The highest BCUT2D eigenvalue weighted by Gasteiger charge is 2.30. The van der Waals surface area contributed by atoms with Gasteiger partial charge in [-0.25, -0.2) is 0 Å². The van der Waals surface area contributed by atoms with Gasteiger partial charge in [-0.3, -0.25) is 9.78 Å². The lowest BCUT2D eigenvalue weighted by Gasteiger charge is -2.09. The van der Waals surface area contributed by atoms with E-state index in [2.05, 4.69) is 4.74 Å². The Morgan fingerprint density at radius 2 is 1.63 bits per heavy atom. The fraction of sp³-hybridized carbons (Fsp3) is 0.0833. The van der Waals surface area contributed by atoms with Crippen molar-refractivity contribution in [1.82, 2.24) is 4.98 Å². The number of H-pyrrole nitrogens is 1. The lowest BCUT2D eigenvalue weighted by molar-refractivity contribution is -0.274. The van der Waals surface area contributed by atoms with Gasteiger partial charge in [0.05, 0.1) is 0 Å². The molecule has 0 atom stereocenters. The predicted molar refractivity (Wildman–Crippen MR) is 59.1 cm³/mol. The second kappa shape index (κ2) is 4.75. The molecule has 0 aliphatic rings. The van der Waals surface area contributed by atoms with Crippen molar-refractivity contribution in [1.29, 1.82) is 0 Å². The molecule has 2 aromatic rings. The summed E-state index contributed by atoms with van der Waals surface area (Å²) in [4.78, 5) is 13.0. The molecule has 3 nitrogen and oxygen atoms in total. The highest BCUT2D eigenvalue weighted by atomic mass is 19.4. The number of hydrogen-bond acceptors (Lipinski definition) is 2. The first-order valence-electron chi connectivity index (χ1n) is 5.09. The van der Waals surface area contributed by atoms with Gasteiger partial charge in [0.25, 0.3) is 5.56 Å². The second-order valence-electron chi connectivity index (χ2n) is 3.65. The van der Waals surface area contributed by atoms with Crippen LogP contribution in [0.1, 0.15) is 0 Å². The van der Waals surface area contributed by atoms with Crippen molar-refractivity contribution in [2.45, 2.75) is 6.36 Å². The molecule has 0 amide bonds. The number of nitrogens with one attached hydrogen (secondary N) is 1. The average Bonchev–Trinajstić information content (AvgIpc) is 2.26. The van der Waals surface area contributed by atoms with Crippen LogP contribution >= 0.6 is 0 Å². The molecule has 2 rings (SSSR count). The average molecular weight is 273 g/mol. The van der Waals surface area contributed by atoms with E-state index in [-0.39, 0.29) is 11.3 Å². The molecule has 0 spiro atoms. The molecule has 0 radical (unpaired) electrons. The SMILES string of the molecule is O=c1cc(-c2ccc(OC(F)(F)F)cc2)cc(F)[nH]1. The zero-order valence-electron chi connectivity index (χ0n) is 9.29. The number of benzene rings is 1. The predicted octanol–water partition coefficient (Wildman–Crippen LogP) is 3.08. The number of alkyl halides is 3. The van der Waals surface area contributed by atoms with Gasteiger partial charge in [0.2, 0.25) is 0 Å². The summed E-state index contributed by atoms with van der Waals surface area (Å²) in [5.74, 6) is -1.21. The third-order valence-corrected chi connectivity index (χ3v) is 2.23. The summed E-state index contributed by atoms with van der Waals surface area (Å²) in [6, 6.07) is 6.98. The molecule has 7 heteroatoms. The maximum absolute atomic E-state index is 13.0. The van der Waals surface area contributed by atoms with Gasteiger partial charge < -0.3 is 4.74 Å². The summed E-state index contributed by atoms with van der Waals surface area (Å²) in [7, 11) is 0. The van der Waals surface area contributed by atoms with E-state index in [0.717, 1.165) is 24.3 Å². The van der Waals surface area contributed by atoms with Crippen LogP contribution in [-0.4, -0.2) is 11.3 Å². The van der Waals surface area contributed by atoms with E-state index < -0.39 is 17.9 Å². The number of aromatic nitrogens is 1. The molecule has 1 N–H and O–H groups in total. The summed E-state index contributed by atoms with van der Waals surface area (Å²) >= 11 is 0. The first-order valence-corrected chi connectivity index (χ1v) is 5.09. The summed E-state index contributed by atoms with van der Waals surface area (Å²) < 4.78 is 52.5. The smallest absolute Gasteiger partial charge is 0.406 e. The van der Waals surface area contributed by atoms with E-state index >= 15 is 0 Å². The molecule has 0 aliphatic carbocycles. The number of hydrogen-bond donors (Lipinski definition) is 1. The Bertz CT molecular complexity index is 631. The second-order valence-corrected chi connectivity index (χ2v) is 3.65. The van der Waals surface area contributed by atoms with Crippen molar-refractivity contribution in [2.75, 3.05) is 0 Å². The van der Waals surface area contributed by atoms with Crippen molar-refractivity contribution in [3.63, 3.8) is 0 Å². The van der Waals surface area contributed by atoms with Crippen molar-refractivity contribution < 1.29 is 22.3 Å². The van der Waals surface area contributed by atoms with Crippen LogP contribution in [0.5, 0.6) is 5.75 Å². The Balaban J connectivity index is 2.30. The Morgan fingerprint density at radius 3 is 2.16 bits per heavy atom. The van der Waals surface area contributed by atoms with Gasteiger partial charge in [0.15, 0.2) is 5.95 Å². The normalized spacial score (nSPS) is 11.4. The molecule has 0 unspecified atom stereocenters. The summed E-state index contributed by atoms with van der Waals surface area (Å²) in [6.45, 7) is 0. The molecule has 0 aliphatic heterocycles. The molecule has 0 bridgehead atoms. The molecule has 0 saturated carbocycles. The minimum absolute atomic E-state index is 0.264. The molecule has 0 saturated heterocycles. The van der Waals surface area contributed by atoms with E-state index in [1.807, 2.05) is 4.98 Å². The monoisotopic (exact) mass is 273 g/mol.